The third-order valence-electron chi connectivity index (χ3n) is 3.60. The summed E-state index contributed by atoms with van der Waals surface area (Å²) in [7, 11) is 0. The van der Waals surface area contributed by atoms with Crippen molar-refractivity contribution in [1.82, 2.24) is 5.32 Å². The lowest BCUT2D eigenvalue weighted by Crippen LogP contribution is -2.36. The quantitative estimate of drug-likeness (QED) is 0.868. The van der Waals surface area contributed by atoms with Gasteiger partial charge in [0.2, 0.25) is 0 Å². The molecular weight excluding hydrogens is 318 g/mol. The van der Waals surface area contributed by atoms with Crippen molar-refractivity contribution in [2.24, 2.45) is 0 Å². The van der Waals surface area contributed by atoms with Crippen molar-refractivity contribution in [1.29, 1.82) is 0 Å². The molecule has 1 amide bonds. The van der Waals surface area contributed by atoms with Gasteiger partial charge in [0.15, 0.2) is 0 Å². The maximum atomic E-state index is 12.2. The average molecular weight is 340 g/mol. The molecule has 0 aromatic heterocycles. The van der Waals surface area contributed by atoms with Crippen molar-refractivity contribution in [3.63, 3.8) is 0 Å². The fraction of sp³-hybridized carbons (Fsp3) is 0.562. The molecule has 0 aliphatic heterocycles. The number of carbonyl (C=O) groups excluding carboxylic acids is 1. The first kappa shape index (κ1) is 15.4. The van der Waals surface area contributed by atoms with Crippen LogP contribution in [-0.4, -0.2) is 18.6 Å². The van der Waals surface area contributed by atoms with Crippen molar-refractivity contribution in [3.8, 4) is 5.75 Å². The SMILES string of the molecule is CCCOc1ccc(C(=O)NC2CCCCC2)cc1Br. The van der Waals surface area contributed by atoms with E-state index in [1.54, 1.807) is 0 Å². The van der Waals surface area contributed by atoms with Crippen LogP contribution in [0.2, 0.25) is 0 Å². The van der Waals surface area contributed by atoms with Crippen LogP contribution >= 0.6 is 15.9 Å². The van der Waals surface area contributed by atoms with E-state index >= 15 is 0 Å². The molecule has 110 valence electrons. The number of ether oxygens (including phenoxy) is 1. The summed E-state index contributed by atoms with van der Waals surface area (Å²) in [6.07, 6.45) is 6.91. The number of hydrogen-bond acceptors (Lipinski definition) is 2. The van der Waals surface area contributed by atoms with E-state index < -0.39 is 0 Å². The molecule has 0 unspecified atom stereocenters. The Morgan fingerprint density at radius 1 is 1.35 bits per heavy atom. The average Bonchev–Trinajstić information content (AvgIpc) is 2.47. The number of halogens is 1. The molecule has 2 rings (SSSR count). The van der Waals surface area contributed by atoms with Gasteiger partial charge in [0, 0.05) is 11.6 Å². The number of rotatable bonds is 5. The summed E-state index contributed by atoms with van der Waals surface area (Å²) >= 11 is 3.47. The second-order valence-electron chi connectivity index (χ2n) is 5.30. The predicted molar refractivity (Wildman–Crippen MR) is 84.3 cm³/mol. The van der Waals surface area contributed by atoms with Crippen molar-refractivity contribution in [2.45, 2.75) is 51.5 Å². The lowest BCUT2D eigenvalue weighted by atomic mass is 9.95. The van der Waals surface area contributed by atoms with Crippen LogP contribution in [0.3, 0.4) is 0 Å². The molecule has 0 radical (unpaired) electrons. The molecule has 0 atom stereocenters. The van der Waals surface area contributed by atoms with Gasteiger partial charge >= 0.3 is 0 Å². The Hall–Kier alpha value is -1.03. The maximum absolute atomic E-state index is 12.2. The van der Waals surface area contributed by atoms with Crippen LogP contribution in [0, 0.1) is 0 Å². The largest absolute Gasteiger partial charge is 0.492 e. The Labute approximate surface area is 129 Å². The summed E-state index contributed by atoms with van der Waals surface area (Å²) in [6, 6.07) is 5.86. The fourth-order valence-electron chi connectivity index (χ4n) is 2.49. The highest BCUT2D eigenvalue weighted by Gasteiger charge is 2.17. The molecule has 0 heterocycles. The Balaban J connectivity index is 1.97. The highest BCUT2D eigenvalue weighted by Crippen LogP contribution is 2.26. The summed E-state index contributed by atoms with van der Waals surface area (Å²) < 4.78 is 6.43. The Kier molecular flexibility index (Phi) is 5.89. The molecule has 1 N–H and O–H groups in total. The summed E-state index contributed by atoms with van der Waals surface area (Å²) in [6.45, 7) is 2.76. The topological polar surface area (TPSA) is 38.3 Å². The van der Waals surface area contributed by atoms with E-state index in [0.717, 1.165) is 29.5 Å². The van der Waals surface area contributed by atoms with Crippen LogP contribution in [0.5, 0.6) is 5.75 Å². The van der Waals surface area contributed by atoms with Gasteiger partial charge in [0.25, 0.3) is 5.91 Å². The van der Waals surface area contributed by atoms with Gasteiger partial charge in [0.1, 0.15) is 5.75 Å². The Morgan fingerprint density at radius 2 is 2.10 bits per heavy atom. The summed E-state index contributed by atoms with van der Waals surface area (Å²) in [5, 5.41) is 3.12. The van der Waals surface area contributed by atoms with E-state index in [1.807, 2.05) is 18.2 Å². The zero-order valence-electron chi connectivity index (χ0n) is 12.0. The summed E-state index contributed by atoms with van der Waals surface area (Å²) in [4.78, 5) is 12.2. The lowest BCUT2D eigenvalue weighted by molar-refractivity contribution is 0.0927. The maximum Gasteiger partial charge on any atom is 0.251 e. The third-order valence-corrected chi connectivity index (χ3v) is 4.22. The van der Waals surface area contributed by atoms with Crippen LogP contribution in [0.1, 0.15) is 55.8 Å². The number of carbonyl (C=O) groups is 1. The monoisotopic (exact) mass is 339 g/mol. The minimum absolute atomic E-state index is 0.0136. The van der Waals surface area contributed by atoms with Crippen molar-refractivity contribution >= 4 is 21.8 Å². The first-order valence-corrected chi connectivity index (χ1v) is 8.23. The molecule has 1 aliphatic rings. The molecule has 4 heteroatoms. The lowest BCUT2D eigenvalue weighted by Gasteiger charge is -2.22. The van der Waals surface area contributed by atoms with E-state index in [2.05, 4.69) is 28.2 Å². The molecule has 1 fully saturated rings. The minimum atomic E-state index is 0.0136. The highest BCUT2D eigenvalue weighted by atomic mass is 79.9. The van der Waals surface area contributed by atoms with Gasteiger partial charge in [-0.25, -0.2) is 0 Å². The minimum Gasteiger partial charge on any atom is -0.492 e. The van der Waals surface area contributed by atoms with Crippen LogP contribution in [0.4, 0.5) is 0 Å². The first-order chi connectivity index (χ1) is 9.70. The molecule has 1 aromatic carbocycles. The number of hydrogen-bond donors (Lipinski definition) is 1. The van der Waals surface area contributed by atoms with Crippen molar-refractivity contribution in [2.75, 3.05) is 6.61 Å². The summed E-state index contributed by atoms with van der Waals surface area (Å²) in [5.74, 6) is 0.806. The number of nitrogens with one attached hydrogen (secondary N) is 1. The van der Waals surface area contributed by atoms with Gasteiger partial charge < -0.3 is 10.1 Å². The zero-order valence-corrected chi connectivity index (χ0v) is 13.5. The van der Waals surface area contributed by atoms with Crippen LogP contribution in [0.25, 0.3) is 0 Å². The van der Waals surface area contributed by atoms with Gasteiger partial charge in [-0.3, -0.25) is 4.79 Å². The molecule has 0 saturated heterocycles. The number of amides is 1. The first-order valence-electron chi connectivity index (χ1n) is 7.44. The molecule has 1 saturated carbocycles. The highest BCUT2D eigenvalue weighted by molar-refractivity contribution is 9.10. The van der Waals surface area contributed by atoms with Crippen molar-refractivity contribution in [3.05, 3.63) is 28.2 Å². The second-order valence-corrected chi connectivity index (χ2v) is 6.16. The van der Waals surface area contributed by atoms with E-state index in [-0.39, 0.29) is 5.91 Å². The van der Waals surface area contributed by atoms with Gasteiger partial charge in [0.05, 0.1) is 11.1 Å². The van der Waals surface area contributed by atoms with E-state index in [1.165, 1.54) is 19.3 Å². The fourth-order valence-corrected chi connectivity index (χ4v) is 2.98. The molecule has 0 spiro atoms. The standard InChI is InChI=1S/C16H22BrNO2/c1-2-10-20-15-9-8-12(11-14(15)17)16(19)18-13-6-4-3-5-7-13/h8-9,11,13H,2-7,10H2,1H3,(H,18,19). The van der Waals surface area contributed by atoms with Gasteiger partial charge in [-0.2, -0.15) is 0 Å². The third kappa shape index (κ3) is 4.23. The molecule has 0 bridgehead atoms. The Morgan fingerprint density at radius 3 is 2.75 bits per heavy atom. The van der Waals surface area contributed by atoms with Crippen molar-refractivity contribution < 1.29 is 9.53 Å². The number of benzene rings is 1. The molecule has 1 aliphatic carbocycles. The Bertz CT molecular complexity index is 456. The molecule has 20 heavy (non-hydrogen) atoms. The van der Waals surface area contributed by atoms with Crippen LogP contribution < -0.4 is 10.1 Å². The van der Waals surface area contributed by atoms with Gasteiger partial charge in [-0.05, 0) is 53.4 Å². The molecule has 3 nitrogen and oxygen atoms in total. The molecule has 1 aromatic rings. The smallest absolute Gasteiger partial charge is 0.251 e. The van der Waals surface area contributed by atoms with E-state index in [4.69, 9.17) is 4.74 Å². The zero-order chi connectivity index (χ0) is 14.4. The van der Waals surface area contributed by atoms with Gasteiger partial charge in [-0.15, -0.1) is 0 Å². The summed E-state index contributed by atoms with van der Waals surface area (Å²) in [5.41, 5.74) is 0.686. The van der Waals surface area contributed by atoms with Crippen LogP contribution in [0.15, 0.2) is 22.7 Å². The van der Waals surface area contributed by atoms with Crippen LogP contribution in [-0.2, 0) is 0 Å². The second kappa shape index (κ2) is 7.67. The van der Waals surface area contributed by atoms with E-state index in [0.29, 0.717) is 18.2 Å². The molecular formula is C16H22BrNO2. The predicted octanol–water partition coefficient (Wildman–Crippen LogP) is 4.30. The van der Waals surface area contributed by atoms with E-state index in [9.17, 15) is 4.79 Å². The van der Waals surface area contributed by atoms with Gasteiger partial charge in [-0.1, -0.05) is 26.2 Å². The normalized spacial score (nSPS) is 15.9.